The van der Waals surface area contributed by atoms with Crippen LogP contribution in [0.4, 0.5) is 0 Å². The van der Waals surface area contributed by atoms with Gasteiger partial charge in [0.25, 0.3) is 0 Å². The number of benzene rings is 3. The second kappa shape index (κ2) is 11.5. The molecule has 35 heavy (non-hydrogen) atoms. The van der Waals surface area contributed by atoms with Gasteiger partial charge in [-0.1, -0.05) is 61.5 Å². The van der Waals surface area contributed by atoms with Crippen LogP contribution in [-0.2, 0) is 10.4 Å². The Balaban J connectivity index is 1.94. The first kappa shape index (κ1) is 25.7. The van der Waals surface area contributed by atoms with E-state index in [2.05, 4.69) is 5.32 Å². The number of Topliss-reactive ketones (excluding diaryl/α,β-unsaturated/α-hetero) is 1. The van der Waals surface area contributed by atoms with Gasteiger partial charge in [0.05, 0.1) is 19.2 Å². The Labute approximate surface area is 204 Å². The molecule has 3 unspecified atom stereocenters. The van der Waals surface area contributed by atoms with E-state index in [4.69, 9.17) is 10.5 Å². The highest BCUT2D eigenvalue weighted by atomic mass is 16.5. The van der Waals surface area contributed by atoms with E-state index in [0.717, 1.165) is 5.56 Å². The molecule has 0 saturated heterocycles. The maximum Gasteiger partial charge on any atom is 0.244 e. The molecule has 0 heterocycles. The number of carbonyl (C=O) groups excluding carboxylic acids is 2. The summed E-state index contributed by atoms with van der Waals surface area (Å²) >= 11 is 0. The Morgan fingerprint density at radius 1 is 1.06 bits per heavy atom. The number of hydrogen-bond acceptors (Lipinski definition) is 6. The Bertz CT molecular complexity index is 1180. The van der Waals surface area contributed by atoms with Crippen LogP contribution in [0, 0.1) is 0 Å². The highest BCUT2D eigenvalue weighted by Gasteiger charge is 2.44. The van der Waals surface area contributed by atoms with E-state index in [9.17, 15) is 19.8 Å². The highest BCUT2D eigenvalue weighted by Crippen LogP contribution is 2.32. The molecule has 3 aromatic rings. The Hall–Kier alpha value is -3.94. The van der Waals surface area contributed by atoms with Crippen LogP contribution in [0.25, 0.3) is 6.08 Å². The Kier molecular flexibility index (Phi) is 8.41. The van der Waals surface area contributed by atoms with Crippen molar-refractivity contribution in [2.24, 2.45) is 5.73 Å². The molecule has 0 aliphatic heterocycles. The lowest BCUT2D eigenvalue weighted by atomic mass is 9.78. The third-order valence-corrected chi connectivity index (χ3v) is 5.96. The average molecular weight is 475 g/mol. The summed E-state index contributed by atoms with van der Waals surface area (Å²) < 4.78 is 5.20. The molecular formula is C28H30N2O5. The van der Waals surface area contributed by atoms with Gasteiger partial charge in [-0.3, -0.25) is 9.59 Å². The van der Waals surface area contributed by atoms with Crippen molar-refractivity contribution in [2.75, 3.05) is 7.11 Å². The van der Waals surface area contributed by atoms with Gasteiger partial charge in [-0.25, -0.2) is 0 Å². The molecule has 0 aliphatic carbocycles. The van der Waals surface area contributed by atoms with Gasteiger partial charge in [0.15, 0.2) is 5.78 Å². The molecule has 0 saturated carbocycles. The lowest BCUT2D eigenvalue weighted by Gasteiger charge is -2.39. The smallest absolute Gasteiger partial charge is 0.244 e. The van der Waals surface area contributed by atoms with E-state index in [-0.39, 0.29) is 12.2 Å². The van der Waals surface area contributed by atoms with Crippen molar-refractivity contribution in [1.82, 2.24) is 5.32 Å². The fourth-order valence-electron chi connectivity index (χ4n) is 3.92. The predicted octanol–water partition coefficient (Wildman–Crippen LogP) is 3.41. The van der Waals surface area contributed by atoms with E-state index in [1.807, 2.05) is 6.07 Å². The van der Waals surface area contributed by atoms with Crippen LogP contribution in [0.3, 0.4) is 0 Å². The van der Waals surface area contributed by atoms with E-state index in [1.54, 1.807) is 80.8 Å². The SMILES string of the molecule is CCC(O)(c1ccc(O)cc1)C(NC(=O)C=Cc1cccc(OC)c1)C(N)C(=O)c1ccccc1. The first-order chi connectivity index (χ1) is 16.8. The van der Waals surface area contributed by atoms with Gasteiger partial charge < -0.3 is 26.0 Å². The number of carbonyl (C=O) groups is 2. The zero-order valence-electron chi connectivity index (χ0n) is 19.7. The third kappa shape index (κ3) is 6.15. The summed E-state index contributed by atoms with van der Waals surface area (Å²) in [5.74, 6) is -0.273. The number of hydrogen-bond donors (Lipinski definition) is 4. The van der Waals surface area contributed by atoms with Crippen molar-refractivity contribution in [3.8, 4) is 11.5 Å². The summed E-state index contributed by atoms with van der Waals surface area (Å²) in [5.41, 5.74) is 6.24. The van der Waals surface area contributed by atoms with Crippen molar-refractivity contribution in [3.63, 3.8) is 0 Å². The number of aliphatic hydroxyl groups is 1. The third-order valence-electron chi connectivity index (χ3n) is 5.96. The second-order valence-electron chi connectivity index (χ2n) is 8.18. The molecule has 0 aliphatic rings. The van der Waals surface area contributed by atoms with Gasteiger partial charge in [0.1, 0.15) is 17.1 Å². The molecular weight excluding hydrogens is 444 g/mol. The molecule has 0 spiro atoms. The predicted molar refractivity (Wildman–Crippen MR) is 135 cm³/mol. The van der Waals surface area contributed by atoms with Crippen LogP contribution in [0.5, 0.6) is 11.5 Å². The number of rotatable bonds is 10. The lowest BCUT2D eigenvalue weighted by Crippen LogP contribution is -2.61. The minimum Gasteiger partial charge on any atom is -0.508 e. The summed E-state index contributed by atoms with van der Waals surface area (Å²) in [5, 5.41) is 24.2. The minimum atomic E-state index is -1.68. The molecule has 0 bridgehead atoms. The van der Waals surface area contributed by atoms with E-state index < -0.39 is 29.4 Å². The minimum absolute atomic E-state index is 0.0265. The number of phenols is 1. The maximum absolute atomic E-state index is 13.2. The van der Waals surface area contributed by atoms with Gasteiger partial charge in [0, 0.05) is 11.6 Å². The molecule has 1 amide bonds. The van der Waals surface area contributed by atoms with Crippen LogP contribution >= 0.6 is 0 Å². The summed E-state index contributed by atoms with van der Waals surface area (Å²) in [6.45, 7) is 1.73. The molecule has 3 rings (SSSR count). The van der Waals surface area contributed by atoms with E-state index in [1.165, 1.54) is 18.2 Å². The Morgan fingerprint density at radius 2 is 1.74 bits per heavy atom. The molecule has 0 fully saturated rings. The molecule has 7 nitrogen and oxygen atoms in total. The van der Waals surface area contributed by atoms with Crippen molar-refractivity contribution in [3.05, 3.63) is 102 Å². The summed E-state index contributed by atoms with van der Waals surface area (Å²) in [6.07, 6.45) is 3.07. The fourth-order valence-corrected chi connectivity index (χ4v) is 3.92. The van der Waals surface area contributed by atoms with Gasteiger partial charge in [-0.05, 0) is 47.9 Å². The number of phenolic OH excluding ortho intramolecular Hbond substituents is 1. The normalized spacial score (nSPS) is 14.6. The van der Waals surface area contributed by atoms with Gasteiger partial charge in [-0.2, -0.15) is 0 Å². The van der Waals surface area contributed by atoms with Crippen molar-refractivity contribution < 1.29 is 24.5 Å². The second-order valence-corrected chi connectivity index (χ2v) is 8.18. The maximum atomic E-state index is 13.2. The van der Waals surface area contributed by atoms with Crippen molar-refractivity contribution >= 4 is 17.8 Å². The highest BCUT2D eigenvalue weighted by molar-refractivity contribution is 6.01. The van der Waals surface area contributed by atoms with Crippen molar-refractivity contribution in [2.45, 2.75) is 31.0 Å². The quantitative estimate of drug-likeness (QED) is 0.264. The number of ether oxygens (including phenoxy) is 1. The monoisotopic (exact) mass is 474 g/mol. The zero-order chi connectivity index (χ0) is 25.4. The van der Waals surface area contributed by atoms with E-state index >= 15 is 0 Å². The summed E-state index contributed by atoms with van der Waals surface area (Å²) in [6, 6.07) is 19.2. The number of nitrogens with two attached hydrogens (primary N) is 1. The number of amides is 1. The van der Waals surface area contributed by atoms with Gasteiger partial charge in [0.2, 0.25) is 5.91 Å². The lowest BCUT2D eigenvalue weighted by molar-refractivity contribution is -0.120. The van der Waals surface area contributed by atoms with E-state index in [0.29, 0.717) is 16.9 Å². The zero-order valence-corrected chi connectivity index (χ0v) is 19.7. The van der Waals surface area contributed by atoms with Crippen LogP contribution < -0.4 is 15.8 Å². The van der Waals surface area contributed by atoms with Crippen LogP contribution in [0.2, 0.25) is 0 Å². The molecule has 3 atom stereocenters. The number of ketones is 1. The summed E-state index contributed by atoms with van der Waals surface area (Å²) in [7, 11) is 1.56. The topological polar surface area (TPSA) is 122 Å². The van der Waals surface area contributed by atoms with Gasteiger partial charge in [-0.15, -0.1) is 0 Å². The Morgan fingerprint density at radius 3 is 2.37 bits per heavy atom. The molecule has 3 aromatic carbocycles. The van der Waals surface area contributed by atoms with Crippen LogP contribution in [0.15, 0.2) is 84.9 Å². The molecule has 0 aromatic heterocycles. The average Bonchev–Trinajstić information content (AvgIpc) is 2.90. The first-order valence-corrected chi connectivity index (χ1v) is 11.3. The molecule has 182 valence electrons. The number of aromatic hydroxyl groups is 1. The standard InChI is InChI=1S/C28H30N2O5/c1-3-28(34,21-13-15-22(31)16-14-21)27(25(29)26(33)20-9-5-4-6-10-20)30-24(32)17-12-19-8-7-11-23(18-19)35-2/h4-18,25,27,31,34H,3,29H2,1-2H3,(H,30,32). The fraction of sp³-hybridized carbons (Fsp3) is 0.214. The molecule has 5 N–H and O–H groups in total. The van der Waals surface area contributed by atoms with Crippen molar-refractivity contribution in [1.29, 1.82) is 0 Å². The summed E-state index contributed by atoms with van der Waals surface area (Å²) in [4.78, 5) is 26.2. The molecule has 7 heteroatoms. The van der Waals surface area contributed by atoms with Crippen LogP contribution in [0.1, 0.15) is 34.8 Å². The first-order valence-electron chi connectivity index (χ1n) is 11.3. The number of nitrogens with one attached hydrogen (secondary N) is 1. The largest absolute Gasteiger partial charge is 0.508 e. The molecule has 0 radical (unpaired) electrons. The number of methoxy groups -OCH3 is 1. The van der Waals surface area contributed by atoms with Crippen LogP contribution in [-0.4, -0.2) is 41.1 Å². The van der Waals surface area contributed by atoms with Gasteiger partial charge >= 0.3 is 0 Å².